The topological polar surface area (TPSA) is 47.7 Å². The highest BCUT2D eigenvalue weighted by Gasteiger charge is 2.14. The van der Waals surface area contributed by atoms with E-state index in [0.717, 1.165) is 29.3 Å². The van der Waals surface area contributed by atoms with E-state index in [2.05, 4.69) is 4.90 Å². The van der Waals surface area contributed by atoms with Crippen LogP contribution in [0.1, 0.15) is 12.5 Å². The molecule has 1 aromatic rings. The van der Waals surface area contributed by atoms with Gasteiger partial charge in [-0.1, -0.05) is 0 Å². The molecular weight excluding hydrogens is 216 g/mol. The summed E-state index contributed by atoms with van der Waals surface area (Å²) < 4.78 is 10.7. The van der Waals surface area contributed by atoms with E-state index >= 15 is 0 Å². The molecule has 0 heterocycles. The van der Waals surface area contributed by atoms with Crippen LogP contribution in [0.2, 0.25) is 0 Å². The van der Waals surface area contributed by atoms with Gasteiger partial charge >= 0.3 is 0 Å². The highest BCUT2D eigenvalue weighted by molar-refractivity contribution is 5.65. The Morgan fingerprint density at radius 1 is 1.29 bits per heavy atom. The summed E-state index contributed by atoms with van der Waals surface area (Å²) in [5, 5.41) is 0. The second-order valence-corrected chi connectivity index (χ2v) is 4.30. The predicted molar refractivity (Wildman–Crippen MR) is 71.2 cm³/mol. The van der Waals surface area contributed by atoms with Gasteiger partial charge in [-0.05, 0) is 26.0 Å². The molecule has 96 valence electrons. The van der Waals surface area contributed by atoms with Crippen LogP contribution in [-0.2, 0) is 0 Å². The van der Waals surface area contributed by atoms with Crippen molar-refractivity contribution in [3.63, 3.8) is 0 Å². The SMILES string of the molecule is COc1ccc(N(C)CC(C)N)c(OC)c1C. The average Bonchev–Trinajstić information content (AvgIpc) is 2.27. The fourth-order valence-electron chi connectivity index (χ4n) is 1.97. The van der Waals surface area contributed by atoms with Crippen LogP contribution >= 0.6 is 0 Å². The molecule has 0 radical (unpaired) electrons. The summed E-state index contributed by atoms with van der Waals surface area (Å²) in [6.45, 7) is 4.75. The van der Waals surface area contributed by atoms with Gasteiger partial charge in [-0.3, -0.25) is 0 Å². The molecule has 1 unspecified atom stereocenters. The van der Waals surface area contributed by atoms with Gasteiger partial charge in [-0.15, -0.1) is 0 Å². The lowest BCUT2D eigenvalue weighted by atomic mass is 10.1. The van der Waals surface area contributed by atoms with E-state index < -0.39 is 0 Å². The van der Waals surface area contributed by atoms with E-state index in [-0.39, 0.29) is 6.04 Å². The number of hydrogen-bond donors (Lipinski definition) is 1. The van der Waals surface area contributed by atoms with Crippen molar-refractivity contribution in [2.24, 2.45) is 5.73 Å². The van der Waals surface area contributed by atoms with Gasteiger partial charge in [0.2, 0.25) is 0 Å². The monoisotopic (exact) mass is 238 g/mol. The van der Waals surface area contributed by atoms with Crippen LogP contribution in [0, 0.1) is 6.92 Å². The maximum absolute atomic E-state index is 5.81. The molecule has 0 aliphatic carbocycles. The van der Waals surface area contributed by atoms with Gasteiger partial charge in [0.25, 0.3) is 0 Å². The summed E-state index contributed by atoms with van der Waals surface area (Å²) in [5.41, 5.74) is 7.84. The summed E-state index contributed by atoms with van der Waals surface area (Å²) >= 11 is 0. The zero-order valence-electron chi connectivity index (χ0n) is 11.3. The molecule has 1 rings (SSSR count). The molecule has 4 nitrogen and oxygen atoms in total. The van der Waals surface area contributed by atoms with Gasteiger partial charge in [0, 0.05) is 25.2 Å². The van der Waals surface area contributed by atoms with Crippen molar-refractivity contribution in [2.45, 2.75) is 19.9 Å². The normalized spacial score (nSPS) is 12.1. The average molecular weight is 238 g/mol. The molecule has 0 bridgehead atoms. The van der Waals surface area contributed by atoms with Crippen molar-refractivity contribution in [1.29, 1.82) is 0 Å². The first-order valence-corrected chi connectivity index (χ1v) is 5.69. The number of ether oxygens (including phenoxy) is 2. The Kier molecular flexibility index (Phi) is 4.63. The molecule has 0 aromatic heterocycles. The van der Waals surface area contributed by atoms with Gasteiger partial charge in [-0.25, -0.2) is 0 Å². The summed E-state index contributed by atoms with van der Waals surface area (Å²) in [5.74, 6) is 1.67. The Hall–Kier alpha value is -1.42. The van der Waals surface area contributed by atoms with Crippen LogP contribution in [-0.4, -0.2) is 33.9 Å². The number of nitrogens with two attached hydrogens (primary N) is 1. The lowest BCUT2D eigenvalue weighted by molar-refractivity contribution is 0.389. The van der Waals surface area contributed by atoms with E-state index in [9.17, 15) is 0 Å². The van der Waals surface area contributed by atoms with Crippen molar-refractivity contribution in [2.75, 3.05) is 32.7 Å². The van der Waals surface area contributed by atoms with Crippen molar-refractivity contribution >= 4 is 5.69 Å². The molecule has 0 fully saturated rings. The number of benzene rings is 1. The number of hydrogen-bond acceptors (Lipinski definition) is 4. The van der Waals surface area contributed by atoms with E-state index in [0.29, 0.717) is 0 Å². The van der Waals surface area contributed by atoms with E-state index in [1.807, 2.05) is 33.0 Å². The first kappa shape index (κ1) is 13.6. The minimum Gasteiger partial charge on any atom is -0.496 e. The summed E-state index contributed by atoms with van der Waals surface area (Å²) in [6, 6.07) is 4.06. The summed E-state index contributed by atoms with van der Waals surface area (Å²) in [6.07, 6.45) is 0. The van der Waals surface area contributed by atoms with Crippen LogP contribution < -0.4 is 20.1 Å². The fourth-order valence-corrected chi connectivity index (χ4v) is 1.97. The quantitative estimate of drug-likeness (QED) is 0.849. The summed E-state index contributed by atoms with van der Waals surface area (Å²) in [4.78, 5) is 2.09. The zero-order valence-corrected chi connectivity index (χ0v) is 11.3. The third kappa shape index (κ3) is 3.03. The molecule has 1 atom stereocenters. The first-order valence-electron chi connectivity index (χ1n) is 5.69. The van der Waals surface area contributed by atoms with Crippen LogP contribution in [0.4, 0.5) is 5.69 Å². The third-order valence-corrected chi connectivity index (χ3v) is 2.73. The second kappa shape index (κ2) is 5.77. The molecule has 17 heavy (non-hydrogen) atoms. The van der Waals surface area contributed by atoms with Crippen molar-refractivity contribution in [3.05, 3.63) is 17.7 Å². The van der Waals surface area contributed by atoms with Gasteiger partial charge < -0.3 is 20.1 Å². The van der Waals surface area contributed by atoms with Gasteiger partial charge in [0.1, 0.15) is 11.5 Å². The maximum Gasteiger partial charge on any atom is 0.148 e. The fraction of sp³-hybridized carbons (Fsp3) is 0.538. The molecule has 2 N–H and O–H groups in total. The zero-order chi connectivity index (χ0) is 13.0. The van der Waals surface area contributed by atoms with Crippen molar-refractivity contribution in [3.8, 4) is 11.5 Å². The van der Waals surface area contributed by atoms with Crippen LogP contribution in [0.5, 0.6) is 11.5 Å². The molecule has 0 aliphatic heterocycles. The number of methoxy groups -OCH3 is 2. The minimum atomic E-state index is 0.118. The Bertz CT molecular complexity index is 378. The largest absolute Gasteiger partial charge is 0.496 e. The van der Waals surface area contributed by atoms with Crippen LogP contribution in [0.3, 0.4) is 0 Å². The number of rotatable bonds is 5. The van der Waals surface area contributed by atoms with Gasteiger partial charge in [0.15, 0.2) is 0 Å². The highest BCUT2D eigenvalue weighted by atomic mass is 16.5. The minimum absolute atomic E-state index is 0.118. The van der Waals surface area contributed by atoms with Gasteiger partial charge in [0.05, 0.1) is 19.9 Å². The van der Waals surface area contributed by atoms with Crippen molar-refractivity contribution < 1.29 is 9.47 Å². The molecule has 0 spiro atoms. The van der Waals surface area contributed by atoms with E-state index in [4.69, 9.17) is 15.2 Å². The Morgan fingerprint density at radius 3 is 2.41 bits per heavy atom. The van der Waals surface area contributed by atoms with E-state index in [1.54, 1.807) is 14.2 Å². The molecule has 0 saturated heterocycles. The Morgan fingerprint density at radius 2 is 1.94 bits per heavy atom. The number of anilines is 1. The molecule has 4 heteroatoms. The maximum atomic E-state index is 5.81. The summed E-state index contributed by atoms with van der Waals surface area (Å²) in [7, 11) is 5.34. The molecule has 0 amide bonds. The Labute approximate surface area is 103 Å². The van der Waals surface area contributed by atoms with Crippen LogP contribution in [0.15, 0.2) is 12.1 Å². The lowest BCUT2D eigenvalue weighted by Gasteiger charge is -2.25. The second-order valence-electron chi connectivity index (χ2n) is 4.30. The smallest absolute Gasteiger partial charge is 0.148 e. The standard InChI is InChI=1S/C13H22N2O2/c1-9(14)8-15(3)11-6-7-12(16-4)10(2)13(11)17-5/h6-7,9H,8,14H2,1-5H3. The molecule has 0 aliphatic rings. The molecule has 0 saturated carbocycles. The molecular formula is C13H22N2O2. The van der Waals surface area contributed by atoms with Gasteiger partial charge in [-0.2, -0.15) is 0 Å². The number of nitrogens with zero attached hydrogens (tertiary/aromatic N) is 1. The molecule has 1 aromatic carbocycles. The van der Waals surface area contributed by atoms with Crippen molar-refractivity contribution in [1.82, 2.24) is 0 Å². The van der Waals surface area contributed by atoms with E-state index in [1.165, 1.54) is 0 Å². The number of likely N-dealkylation sites (N-methyl/N-ethyl adjacent to an activating group) is 1. The highest BCUT2D eigenvalue weighted by Crippen LogP contribution is 2.36. The third-order valence-electron chi connectivity index (χ3n) is 2.73. The lowest BCUT2D eigenvalue weighted by Crippen LogP contribution is -2.33. The Balaban J connectivity index is 3.11. The first-order chi connectivity index (χ1) is 8.01. The van der Waals surface area contributed by atoms with Crippen LogP contribution in [0.25, 0.3) is 0 Å². The predicted octanol–water partition coefficient (Wildman–Crippen LogP) is 1.80.